The monoisotopic (exact) mass is 298 g/mol. The Bertz CT molecular complexity index is 689. The summed E-state index contributed by atoms with van der Waals surface area (Å²) in [7, 11) is 0. The van der Waals surface area contributed by atoms with Gasteiger partial charge in [0.05, 0.1) is 0 Å². The zero-order chi connectivity index (χ0) is 16.3. The highest BCUT2D eigenvalue weighted by atomic mass is 16.1. The lowest BCUT2D eigenvalue weighted by Crippen LogP contribution is -2.27. The zero-order valence-electron chi connectivity index (χ0n) is 13.7. The number of hydrogen-bond acceptors (Lipinski definition) is 4. The van der Waals surface area contributed by atoms with Crippen molar-refractivity contribution in [2.24, 2.45) is 0 Å². The van der Waals surface area contributed by atoms with Gasteiger partial charge in [-0.2, -0.15) is 0 Å². The van der Waals surface area contributed by atoms with Crippen LogP contribution in [0, 0.1) is 13.8 Å². The topological polar surface area (TPSA) is 66.9 Å². The summed E-state index contributed by atoms with van der Waals surface area (Å²) < 4.78 is 0. The van der Waals surface area contributed by atoms with E-state index in [2.05, 4.69) is 20.6 Å². The number of carbonyl (C=O) groups is 1. The Morgan fingerprint density at radius 1 is 1.09 bits per heavy atom. The fourth-order valence-corrected chi connectivity index (χ4v) is 2.07. The van der Waals surface area contributed by atoms with Crippen LogP contribution in [0.25, 0.3) is 0 Å². The molecule has 0 aliphatic carbocycles. The first-order valence-electron chi connectivity index (χ1n) is 7.23. The van der Waals surface area contributed by atoms with Crippen molar-refractivity contribution in [2.75, 3.05) is 10.6 Å². The molecule has 0 spiro atoms. The van der Waals surface area contributed by atoms with Gasteiger partial charge in [0.25, 0.3) is 5.91 Å². The quantitative estimate of drug-likeness (QED) is 0.909. The molecule has 0 unspecified atom stereocenters. The molecule has 2 rings (SSSR count). The van der Waals surface area contributed by atoms with Crippen LogP contribution in [0.5, 0.6) is 0 Å². The second-order valence-corrected chi connectivity index (χ2v) is 6.44. The first-order valence-corrected chi connectivity index (χ1v) is 7.23. The Labute approximate surface area is 131 Å². The number of aromatic nitrogens is 2. The first kappa shape index (κ1) is 15.9. The number of hydrogen-bond donors (Lipinski definition) is 2. The van der Waals surface area contributed by atoms with E-state index in [0.29, 0.717) is 11.5 Å². The van der Waals surface area contributed by atoms with E-state index in [9.17, 15) is 4.79 Å². The van der Waals surface area contributed by atoms with Gasteiger partial charge in [-0.1, -0.05) is 17.7 Å². The van der Waals surface area contributed by atoms with Crippen molar-refractivity contribution in [3.05, 3.63) is 47.4 Å². The van der Waals surface area contributed by atoms with Gasteiger partial charge in [-0.25, -0.2) is 9.97 Å². The number of carbonyl (C=O) groups excluding carboxylic acids is 1. The zero-order valence-corrected chi connectivity index (χ0v) is 13.7. The van der Waals surface area contributed by atoms with E-state index in [0.717, 1.165) is 16.8 Å². The molecule has 1 heterocycles. The summed E-state index contributed by atoms with van der Waals surface area (Å²) in [5.74, 6) is 0.389. The number of amides is 1. The van der Waals surface area contributed by atoms with E-state index in [1.165, 1.54) is 6.33 Å². The van der Waals surface area contributed by atoms with Crippen molar-refractivity contribution in [3.8, 4) is 0 Å². The summed E-state index contributed by atoms with van der Waals surface area (Å²) in [4.78, 5) is 20.5. The fourth-order valence-electron chi connectivity index (χ4n) is 2.07. The maximum atomic E-state index is 12.3. The molecule has 5 heteroatoms. The number of nitrogens with one attached hydrogen (secondary N) is 2. The maximum Gasteiger partial charge on any atom is 0.274 e. The van der Waals surface area contributed by atoms with Gasteiger partial charge in [-0.3, -0.25) is 4.79 Å². The summed E-state index contributed by atoms with van der Waals surface area (Å²) >= 11 is 0. The number of anilines is 2. The predicted octanol–water partition coefficient (Wildman–Crippen LogP) is 3.56. The molecular weight excluding hydrogens is 276 g/mol. The third-order valence-corrected chi connectivity index (χ3v) is 3.03. The van der Waals surface area contributed by atoms with Crippen molar-refractivity contribution in [3.63, 3.8) is 0 Å². The summed E-state index contributed by atoms with van der Waals surface area (Å²) in [5, 5.41) is 6.11. The largest absolute Gasteiger partial charge is 0.365 e. The SMILES string of the molecule is Cc1ccc(NC(=O)c2cc(NC(C)(C)C)ncn2)c(C)c1. The summed E-state index contributed by atoms with van der Waals surface area (Å²) in [6.45, 7) is 10.1. The minimum atomic E-state index is -0.244. The Morgan fingerprint density at radius 2 is 1.82 bits per heavy atom. The van der Waals surface area contributed by atoms with Gasteiger partial charge < -0.3 is 10.6 Å². The molecule has 0 aliphatic heterocycles. The second-order valence-electron chi connectivity index (χ2n) is 6.44. The van der Waals surface area contributed by atoms with Crippen molar-refractivity contribution in [2.45, 2.75) is 40.2 Å². The van der Waals surface area contributed by atoms with Crippen molar-refractivity contribution < 1.29 is 4.79 Å². The van der Waals surface area contributed by atoms with Crippen LogP contribution in [0.3, 0.4) is 0 Å². The van der Waals surface area contributed by atoms with E-state index in [4.69, 9.17) is 0 Å². The lowest BCUT2D eigenvalue weighted by atomic mass is 10.1. The fraction of sp³-hybridized carbons (Fsp3) is 0.353. The Balaban J connectivity index is 2.17. The molecule has 0 bridgehead atoms. The van der Waals surface area contributed by atoms with Crippen LogP contribution in [-0.4, -0.2) is 21.4 Å². The van der Waals surface area contributed by atoms with Gasteiger partial charge >= 0.3 is 0 Å². The number of aryl methyl sites for hydroxylation is 2. The van der Waals surface area contributed by atoms with Gasteiger partial charge in [-0.15, -0.1) is 0 Å². The van der Waals surface area contributed by atoms with E-state index in [1.54, 1.807) is 6.07 Å². The van der Waals surface area contributed by atoms with Gasteiger partial charge in [0.15, 0.2) is 0 Å². The van der Waals surface area contributed by atoms with Crippen LogP contribution < -0.4 is 10.6 Å². The van der Waals surface area contributed by atoms with E-state index in [-0.39, 0.29) is 11.4 Å². The average Bonchev–Trinajstić information content (AvgIpc) is 2.40. The van der Waals surface area contributed by atoms with Crippen LogP contribution in [0.4, 0.5) is 11.5 Å². The molecular formula is C17H22N4O. The molecule has 1 aromatic heterocycles. The number of rotatable bonds is 3. The summed E-state index contributed by atoms with van der Waals surface area (Å²) in [6, 6.07) is 7.56. The normalized spacial score (nSPS) is 11.1. The number of nitrogens with zero attached hydrogens (tertiary/aromatic N) is 2. The maximum absolute atomic E-state index is 12.3. The average molecular weight is 298 g/mol. The molecule has 0 saturated heterocycles. The number of benzene rings is 1. The minimum absolute atomic E-state index is 0.129. The molecule has 0 fully saturated rings. The smallest absolute Gasteiger partial charge is 0.274 e. The van der Waals surface area contributed by atoms with Crippen LogP contribution in [-0.2, 0) is 0 Å². The van der Waals surface area contributed by atoms with Crippen LogP contribution in [0.1, 0.15) is 42.4 Å². The standard InChI is InChI=1S/C17H22N4O/c1-11-6-7-13(12(2)8-11)20-16(22)14-9-15(19-10-18-14)21-17(3,4)5/h6-10H,1-5H3,(H,20,22)(H,18,19,21). The molecule has 2 N–H and O–H groups in total. The van der Waals surface area contributed by atoms with Gasteiger partial charge in [0.2, 0.25) is 0 Å². The van der Waals surface area contributed by atoms with Crippen molar-refractivity contribution in [1.82, 2.24) is 9.97 Å². The minimum Gasteiger partial charge on any atom is -0.365 e. The van der Waals surface area contributed by atoms with Crippen molar-refractivity contribution in [1.29, 1.82) is 0 Å². The van der Waals surface area contributed by atoms with Crippen LogP contribution in [0.15, 0.2) is 30.6 Å². The predicted molar refractivity (Wildman–Crippen MR) is 89.3 cm³/mol. The lowest BCUT2D eigenvalue weighted by Gasteiger charge is -2.21. The van der Waals surface area contributed by atoms with E-state index in [1.807, 2.05) is 52.8 Å². The molecule has 2 aromatic rings. The highest BCUT2D eigenvalue weighted by Crippen LogP contribution is 2.17. The van der Waals surface area contributed by atoms with Crippen LogP contribution >= 0.6 is 0 Å². The molecule has 116 valence electrons. The third-order valence-electron chi connectivity index (χ3n) is 3.03. The molecule has 0 atom stereocenters. The van der Waals surface area contributed by atoms with Gasteiger partial charge in [0.1, 0.15) is 17.8 Å². The second kappa shape index (κ2) is 6.13. The Kier molecular flexibility index (Phi) is 4.45. The van der Waals surface area contributed by atoms with E-state index < -0.39 is 0 Å². The molecule has 1 amide bonds. The van der Waals surface area contributed by atoms with Crippen LogP contribution in [0.2, 0.25) is 0 Å². The Hall–Kier alpha value is -2.43. The summed E-state index contributed by atoms with van der Waals surface area (Å²) in [6.07, 6.45) is 1.39. The van der Waals surface area contributed by atoms with Gasteiger partial charge in [0, 0.05) is 17.3 Å². The molecule has 22 heavy (non-hydrogen) atoms. The third kappa shape index (κ3) is 4.28. The molecule has 1 aromatic carbocycles. The lowest BCUT2D eigenvalue weighted by molar-refractivity contribution is 0.102. The molecule has 0 aliphatic rings. The molecule has 0 saturated carbocycles. The first-order chi connectivity index (χ1) is 10.2. The highest BCUT2D eigenvalue weighted by Gasteiger charge is 2.14. The Morgan fingerprint density at radius 3 is 2.45 bits per heavy atom. The summed E-state index contributed by atoms with van der Waals surface area (Å²) in [5.41, 5.74) is 3.18. The molecule has 0 radical (unpaired) electrons. The van der Waals surface area contributed by atoms with Crippen molar-refractivity contribution >= 4 is 17.4 Å². The highest BCUT2D eigenvalue weighted by molar-refractivity contribution is 6.03. The molecule has 5 nitrogen and oxygen atoms in total. The van der Waals surface area contributed by atoms with E-state index >= 15 is 0 Å². The van der Waals surface area contributed by atoms with Gasteiger partial charge in [-0.05, 0) is 46.2 Å².